The lowest BCUT2D eigenvalue weighted by molar-refractivity contribution is -0.122. The van der Waals surface area contributed by atoms with E-state index in [0.29, 0.717) is 38.5 Å². The van der Waals surface area contributed by atoms with Gasteiger partial charge in [0.1, 0.15) is 11.6 Å². The topological polar surface area (TPSA) is 65.8 Å². The predicted molar refractivity (Wildman–Crippen MR) is 90.5 cm³/mol. The number of carbonyl (C=O) groups excluding carboxylic acids is 2. The fraction of sp³-hybridized carbons (Fsp3) is 0.333. The molecule has 2 heterocycles. The number of benzene rings is 1. The summed E-state index contributed by atoms with van der Waals surface area (Å²) in [7, 11) is 1.61. The Hall–Kier alpha value is -2.67. The molecule has 1 aliphatic rings. The van der Waals surface area contributed by atoms with Crippen LogP contribution in [0, 0.1) is 5.82 Å². The van der Waals surface area contributed by atoms with E-state index in [1.165, 1.54) is 12.1 Å². The lowest BCUT2D eigenvalue weighted by atomic mass is 10.2. The molecule has 2 amide bonds. The first-order valence-corrected chi connectivity index (χ1v) is 8.15. The second-order valence-corrected chi connectivity index (χ2v) is 5.91. The lowest BCUT2D eigenvalue weighted by Crippen LogP contribution is -2.50. The minimum absolute atomic E-state index is 0.0326. The molecule has 0 unspecified atom stereocenters. The van der Waals surface area contributed by atoms with Crippen LogP contribution in [0.1, 0.15) is 10.6 Å². The van der Waals surface area contributed by atoms with Gasteiger partial charge in [0.15, 0.2) is 5.76 Å². The highest BCUT2D eigenvalue weighted by atomic mass is 19.1. The van der Waals surface area contributed by atoms with Gasteiger partial charge in [0.2, 0.25) is 5.91 Å². The number of amides is 2. The first-order chi connectivity index (χ1) is 12.1. The van der Waals surface area contributed by atoms with E-state index in [1.807, 2.05) is 4.90 Å². The molecule has 6 nitrogen and oxygen atoms in total. The van der Waals surface area contributed by atoms with Gasteiger partial charge in [-0.25, -0.2) is 4.39 Å². The number of nitrogens with one attached hydrogen (secondary N) is 1. The number of halogens is 1. The van der Waals surface area contributed by atoms with Crippen molar-refractivity contribution in [2.45, 2.75) is 0 Å². The molecule has 1 aromatic heterocycles. The van der Waals surface area contributed by atoms with Crippen molar-refractivity contribution in [3.63, 3.8) is 0 Å². The van der Waals surface area contributed by atoms with Crippen LogP contribution >= 0.6 is 0 Å². The van der Waals surface area contributed by atoms with E-state index in [0.717, 1.165) is 5.56 Å². The fourth-order valence-corrected chi connectivity index (χ4v) is 2.77. The third-order valence-electron chi connectivity index (χ3n) is 4.25. The van der Waals surface area contributed by atoms with Crippen LogP contribution in [-0.4, -0.2) is 61.4 Å². The summed E-state index contributed by atoms with van der Waals surface area (Å²) in [4.78, 5) is 27.7. The molecule has 132 valence electrons. The van der Waals surface area contributed by atoms with Crippen molar-refractivity contribution in [1.29, 1.82) is 0 Å². The van der Waals surface area contributed by atoms with Crippen molar-refractivity contribution in [2.24, 2.45) is 0 Å². The van der Waals surface area contributed by atoms with E-state index >= 15 is 0 Å². The Kier molecular flexibility index (Phi) is 5.14. The van der Waals surface area contributed by atoms with Crippen molar-refractivity contribution in [3.05, 3.63) is 48.0 Å². The van der Waals surface area contributed by atoms with Gasteiger partial charge in [-0.15, -0.1) is 0 Å². The smallest absolute Gasteiger partial charge is 0.289 e. The van der Waals surface area contributed by atoms with Gasteiger partial charge in [-0.2, -0.15) is 0 Å². The molecule has 0 radical (unpaired) electrons. The molecule has 2 aromatic rings. The maximum Gasteiger partial charge on any atom is 0.289 e. The van der Waals surface area contributed by atoms with Gasteiger partial charge >= 0.3 is 0 Å². The highest BCUT2D eigenvalue weighted by molar-refractivity contribution is 5.92. The molecule has 1 fully saturated rings. The third-order valence-corrected chi connectivity index (χ3v) is 4.25. The van der Waals surface area contributed by atoms with E-state index in [4.69, 9.17) is 4.42 Å². The minimum Gasteiger partial charge on any atom is -0.451 e. The van der Waals surface area contributed by atoms with Gasteiger partial charge in [-0.1, -0.05) is 0 Å². The van der Waals surface area contributed by atoms with Crippen LogP contribution in [-0.2, 0) is 4.79 Å². The van der Waals surface area contributed by atoms with E-state index in [2.05, 4.69) is 5.32 Å². The Balaban J connectivity index is 1.61. The molecule has 0 spiro atoms. The van der Waals surface area contributed by atoms with Crippen molar-refractivity contribution < 1.29 is 18.4 Å². The highest BCUT2D eigenvalue weighted by Crippen LogP contribution is 2.23. The second-order valence-electron chi connectivity index (χ2n) is 5.91. The highest BCUT2D eigenvalue weighted by Gasteiger charge is 2.25. The maximum atomic E-state index is 13.0. The minimum atomic E-state index is -0.318. The van der Waals surface area contributed by atoms with Gasteiger partial charge in [0, 0.05) is 38.8 Å². The van der Waals surface area contributed by atoms with Gasteiger partial charge in [-0.05, 0) is 36.4 Å². The van der Waals surface area contributed by atoms with Crippen LogP contribution in [0.2, 0.25) is 0 Å². The first-order valence-electron chi connectivity index (χ1n) is 8.15. The molecule has 7 heteroatoms. The molecule has 1 aromatic carbocycles. The molecular weight excluding hydrogens is 325 g/mol. The average molecular weight is 345 g/mol. The number of carbonyl (C=O) groups is 2. The molecule has 0 bridgehead atoms. The zero-order chi connectivity index (χ0) is 17.8. The molecule has 1 N–H and O–H groups in total. The fourth-order valence-electron chi connectivity index (χ4n) is 2.77. The number of rotatable bonds is 4. The van der Waals surface area contributed by atoms with Crippen molar-refractivity contribution in [1.82, 2.24) is 15.1 Å². The van der Waals surface area contributed by atoms with Gasteiger partial charge < -0.3 is 14.6 Å². The van der Waals surface area contributed by atoms with E-state index in [1.54, 1.807) is 36.2 Å². The third kappa shape index (κ3) is 4.06. The van der Waals surface area contributed by atoms with Crippen LogP contribution in [0.25, 0.3) is 11.3 Å². The summed E-state index contributed by atoms with van der Waals surface area (Å²) in [6, 6.07) is 9.27. The Bertz CT molecular complexity index is 749. The summed E-state index contributed by atoms with van der Waals surface area (Å²) < 4.78 is 18.6. The zero-order valence-electron chi connectivity index (χ0n) is 14.0. The Morgan fingerprint density at radius 2 is 1.76 bits per heavy atom. The SMILES string of the molecule is CNC(=O)CN1CCN(C(=O)c2ccc(-c3ccc(F)cc3)o2)CC1. The summed E-state index contributed by atoms with van der Waals surface area (Å²) in [6.45, 7) is 2.72. The molecular formula is C18H20FN3O3. The number of hydrogen-bond acceptors (Lipinski definition) is 4. The summed E-state index contributed by atoms with van der Waals surface area (Å²) in [5.41, 5.74) is 0.718. The largest absolute Gasteiger partial charge is 0.451 e. The Labute approximate surface area is 145 Å². The normalized spacial score (nSPS) is 15.2. The van der Waals surface area contributed by atoms with Crippen LogP contribution in [0.5, 0.6) is 0 Å². The van der Waals surface area contributed by atoms with E-state index < -0.39 is 0 Å². The molecule has 0 saturated carbocycles. The number of likely N-dealkylation sites (N-methyl/N-ethyl adjacent to an activating group) is 1. The molecule has 0 aliphatic carbocycles. The molecule has 3 rings (SSSR count). The number of nitrogens with zero attached hydrogens (tertiary/aromatic N) is 2. The summed E-state index contributed by atoms with van der Waals surface area (Å²) >= 11 is 0. The summed E-state index contributed by atoms with van der Waals surface area (Å²) in [5.74, 6) is 0.268. The van der Waals surface area contributed by atoms with Gasteiger partial charge in [-0.3, -0.25) is 14.5 Å². The lowest BCUT2D eigenvalue weighted by Gasteiger charge is -2.33. The monoisotopic (exact) mass is 345 g/mol. The van der Waals surface area contributed by atoms with Crippen LogP contribution in [0.4, 0.5) is 4.39 Å². The van der Waals surface area contributed by atoms with Gasteiger partial charge in [0.25, 0.3) is 5.91 Å². The number of furan rings is 1. The van der Waals surface area contributed by atoms with Crippen LogP contribution in [0.15, 0.2) is 40.8 Å². The van der Waals surface area contributed by atoms with Crippen LogP contribution in [0.3, 0.4) is 0 Å². The Morgan fingerprint density at radius 1 is 1.08 bits per heavy atom. The van der Waals surface area contributed by atoms with Gasteiger partial charge in [0.05, 0.1) is 6.54 Å². The first kappa shape index (κ1) is 17.2. The molecule has 25 heavy (non-hydrogen) atoms. The average Bonchev–Trinajstić information content (AvgIpc) is 3.12. The van der Waals surface area contributed by atoms with Crippen molar-refractivity contribution in [3.8, 4) is 11.3 Å². The molecule has 0 atom stereocenters. The second kappa shape index (κ2) is 7.48. The summed E-state index contributed by atoms with van der Waals surface area (Å²) in [5, 5.41) is 2.59. The predicted octanol–water partition coefficient (Wildman–Crippen LogP) is 1.59. The summed E-state index contributed by atoms with van der Waals surface area (Å²) in [6.07, 6.45) is 0. The van der Waals surface area contributed by atoms with Crippen LogP contribution < -0.4 is 5.32 Å². The number of hydrogen-bond donors (Lipinski definition) is 1. The zero-order valence-corrected chi connectivity index (χ0v) is 14.0. The number of piperazine rings is 1. The van der Waals surface area contributed by atoms with E-state index in [9.17, 15) is 14.0 Å². The standard InChI is InChI=1S/C18H20FN3O3/c1-20-17(23)12-21-8-10-22(11-9-21)18(24)16-7-6-15(25-16)13-2-4-14(19)5-3-13/h2-7H,8-12H2,1H3,(H,20,23). The quantitative estimate of drug-likeness (QED) is 0.914. The maximum absolute atomic E-state index is 13.0. The molecule has 1 saturated heterocycles. The molecule has 1 aliphatic heterocycles. The van der Waals surface area contributed by atoms with Crippen molar-refractivity contribution in [2.75, 3.05) is 39.8 Å². The Morgan fingerprint density at radius 3 is 2.40 bits per heavy atom. The van der Waals surface area contributed by atoms with E-state index in [-0.39, 0.29) is 23.4 Å². The van der Waals surface area contributed by atoms with Crippen molar-refractivity contribution >= 4 is 11.8 Å².